The lowest BCUT2D eigenvalue weighted by Gasteiger charge is -2.35. The second kappa shape index (κ2) is 6.03. The largest absolute Gasteiger partial charge is 0.328 e. The van der Waals surface area contributed by atoms with E-state index in [1.165, 1.54) is 0 Å². The number of hydrogen-bond acceptors (Lipinski definition) is 3. The molecule has 2 N–H and O–H groups in total. The summed E-state index contributed by atoms with van der Waals surface area (Å²) in [6.45, 7) is 2.50. The van der Waals surface area contributed by atoms with Gasteiger partial charge in [0.2, 0.25) is 10.0 Å². The van der Waals surface area contributed by atoms with Crippen LogP contribution < -0.4 is 5.73 Å². The molecule has 1 aromatic rings. The lowest BCUT2D eigenvalue weighted by atomic mass is 10.0. The van der Waals surface area contributed by atoms with E-state index in [9.17, 15) is 8.42 Å². The molecule has 4 nitrogen and oxygen atoms in total. The summed E-state index contributed by atoms with van der Waals surface area (Å²) in [6.07, 6.45) is 2.08. The van der Waals surface area contributed by atoms with E-state index >= 15 is 0 Å². The average molecular weight is 282 g/mol. The summed E-state index contributed by atoms with van der Waals surface area (Å²) < 4.78 is 26.3. The molecule has 1 aliphatic heterocycles. The maximum absolute atomic E-state index is 12.4. The molecule has 1 heterocycles. The first-order valence-corrected chi connectivity index (χ1v) is 8.39. The van der Waals surface area contributed by atoms with Gasteiger partial charge in [0.05, 0.1) is 5.75 Å². The first-order chi connectivity index (χ1) is 8.99. The minimum Gasteiger partial charge on any atom is -0.328 e. The van der Waals surface area contributed by atoms with Gasteiger partial charge in [-0.25, -0.2) is 8.42 Å². The molecule has 2 rings (SSSR count). The summed E-state index contributed by atoms with van der Waals surface area (Å²) >= 11 is 0. The summed E-state index contributed by atoms with van der Waals surface area (Å²) in [5.41, 5.74) is 6.94. The van der Waals surface area contributed by atoms with E-state index in [0.29, 0.717) is 13.0 Å². The quantitative estimate of drug-likeness (QED) is 0.907. The van der Waals surface area contributed by atoms with Crippen molar-refractivity contribution in [3.8, 4) is 0 Å². The molecule has 1 fully saturated rings. The van der Waals surface area contributed by atoms with E-state index < -0.39 is 10.0 Å². The van der Waals surface area contributed by atoms with Gasteiger partial charge in [-0.1, -0.05) is 30.3 Å². The summed E-state index contributed by atoms with van der Waals surface area (Å²) in [7, 11) is -3.18. The maximum atomic E-state index is 12.4. The van der Waals surface area contributed by atoms with Crippen molar-refractivity contribution in [2.75, 3.05) is 12.3 Å². The number of nitrogens with two attached hydrogens (primary N) is 1. The number of rotatable bonds is 4. The fraction of sp³-hybridized carbons (Fsp3) is 0.571. The molecule has 0 spiro atoms. The van der Waals surface area contributed by atoms with Gasteiger partial charge in [0.1, 0.15) is 0 Å². The number of nitrogens with zero attached hydrogens (tertiary/aromatic N) is 1. The molecule has 1 aliphatic rings. The Hall–Kier alpha value is -0.910. The summed E-state index contributed by atoms with van der Waals surface area (Å²) in [5, 5.41) is 0. The smallest absolute Gasteiger partial charge is 0.214 e. The minimum absolute atomic E-state index is 0.0181. The van der Waals surface area contributed by atoms with Gasteiger partial charge >= 0.3 is 0 Å². The van der Waals surface area contributed by atoms with Gasteiger partial charge in [-0.2, -0.15) is 4.31 Å². The third kappa shape index (κ3) is 3.78. The van der Waals surface area contributed by atoms with Crippen LogP contribution in [-0.4, -0.2) is 37.1 Å². The molecule has 106 valence electrons. The Balaban J connectivity index is 1.98. The highest BCUT2D eigenvalue weighted by atomic mass is 32.2. The fourth-order valence-electron chi connectivity index (χ4n) is 2.61. The zero-order valence-electron chi connectivity index (χ0n) is 11.3. The monoisotopic (exact) mass is 282 g/mol. The van der Waals surface area contributed by atoms with Crippen LogP contribution in [0.25, 0.3) is 0 Å². The minimum atomic E-state index is -3.18. The molecular formula is C14H22N2O2S. The van der Waals surface area contributed by atoms with Crippen molar-refractivity contribution in [2.24, 2.45) is 5.73 Å². The molecule has 19 heavy (non-hydrogen) atoms. The maximum Gasteiger partial charge on any atom is 0.214 e. The van der Waals surface area contributed by atoms with E-state index in [4.69, 9.17) is 5.73 Å². The number of hydrogen-bond donors (Lipinski definition) is 1. The van der Waals surface area contributed by atoms with Crippen LogP contribution in [0.15, 0.2) is 30.3 Å². The zero-order chi connectivity index (χ0) is 13.9. The average Bonchev–Trinajstić information content (AvgIpc) is 2.37. The second-order valence-corrected chi connectivity index (χ2v) is 7.34. The van der Waals surface area contributed by atoms with Crippen molar-refractivity contribution in [1.29, 1.82) is 0 Å². The molecular weight excluding hydrogens is 260 g/mol. The van der Waals surface area contributed by atoms with Crippen LogP contribution in [0.2, 0.25) is 0 Å². The van der Waals surface area contributed by atoms with Gasteiger partial charge in [-0.3, -0.25) is 0 Å². The topological polar surface area (TPSA) is 63.4 Å². The number of sulfonamides is 1. The van der Waals surface area contributed by atoms with E-state index in [1.807, 2.05) is 37.3 Å². The highest BCUT2D eigenvalue weighted by molar-refractivity contribution is 7.89. The molecule has 1 saturated heterocycles. The van der Waals surface area contributed by atoms with Gasteiger partial charge < -0.3 is 5.73 Å². The van der Waals surface area contributed by atoms with Crippen LogP contribution in [-0.2, 0) is 16.4 Å². The highest BCUT2D eigenvalue weighted by Crippen LogP contribution is 2.20. The van der Waals surface area contributed by atoms with Gasteiger partial charge in [0.15, 0.2) is 0 Å². The molecule has 0 bridgehead atoms. The van der Waals surface area contributed by atoms with E-state index in [1.54, 1.807) is 4.31 Å². The predicted octanol–water partition coefficient (Wildman–Crippen LogP) is 1.37. The second-order valence-electron chi connectivity index (χ2n) is 5.30. The standard InChI is InChI=1S/C14H22N2O2S/c1-12-11-14(15)7-9-16(12)19(17,18)10-8-13-5-3-2-4-6-13/h2-6,12,14H,7-11,15H2,1H3. The molecule has 2 atom stereocenters. The Bertz CT molecular complexity index is 501. The molecule has 0 aromatic heterocycles. The van der Waals surface area contributed by atoms with Crippen molar-refractivity contribution in [3.63, 3.8) is 0 Å². The Morgan fingerprint density at radius 3 is 2.63 bits per heavy atom. The van der Waals surface area contributed by atoms with Gasteiger partial charge in [0.25, 0.3) is 0 Å². The first kappa shape index (κ1) is 14.5. The highest BCUT2D eigenvalue weighted by Gasteiger charge is 2.31. The van der Waals surface area contributed by atoms with E-state index in [2.05, 4.69) is 0 Å². The molecule has 0 radical (unpaired) electrons. The van der Waals surface area contributed by atoms with Crippen LogP contribution in [0.5, 0.6) is 0 Å². The lowest BCUT2D eigenvalue weighted by Crippen LogP contribution is -2.49. The molecule has 2 unspecified atom stereocenters. The predicted molar refractivity (Wildman–Crippen MR) is 77.3 cm³/mol. The van der Waals surface area contributed by atoms with Gasteiger partial charge in [-0.15, -0.1) is 0 Å². The summed E-state index contributed by atoms with van der Waals surface area (Å²) in [5.74, 6) is 0.177. The van der Waals surface area contributed by atoms with Crippen LogP contribution in [0.4, 0.5) is 0 Å². The number of aryl methyl sites for hydroxylation is 1. The Morgan fingerprint density at radius 2 is 2.00 bits per heavy atom. The normalized spacial score (nSPS) is 25.4. The number of benzene rings is 1. The van der Waals surface area contributed by atoms with Crippen LogP contribution in [0.1, 0.15) is 25.3 Å². The SMILES string of the molecule is CC1CC(N)CCN1S(=O)(=O)CCc1ccccc1. The van der Waals surface area contributed by atoms with Gasteiger partial charge in [0, 0.05) is 18.6 Å². The summed E-state index contributed by atoms with van der Waals surface area (Å²) in [4.78, 5) is 0. The lowest BCUT2D eigenvalue weighted by molar-refractivity contribution is 0.247. The van der Waals surface area contributed by atoms with Crippen LogP contribution in [0, 0.1) is 0 Å². The Kier molecular flexibility index (Phi) is 4.60. The molecule has 5 heteroatoms. The third-order valence-electron chi connectivity index (χ3n) is 3.70. The zero-order valence-corrected chi connectivity index (χ0v) is 12.1. The van der Waals surface area contributed by atoms with Crippen molar-refractivity contribution in [2.45, 2.75) is 38.3 Å². The van der Waals surface area contributed by atoms with Gasteiger partial charge in [-0.05, 0) is 31.7 Å². The Morgan fingerprint density at radius 1 is 1.32 bits per heavy atom. The van der Waals surface area contributed by atoms with Crippen LogP contribution in [0.3, 0.4) is 0 Å². The van der Waals surface area contributed by atoms with Crippen LogP contribution >= 0.6 is 0 Å². The molecule has 0 aliphatic carbocycles. The van der Waals surface area contributed by atoms with Crippen molar-refractivity contribution in [1.82, 2.24) is 4.31 Å². The summed E-state index contributed by atoms with van der Waals surface area (Å²) in [6, 6.07) is 9.89. The molecule has 1 aromatic carbocycles. The molecule has 0 saturated carbocycles. The molecule has 0 amide bonds. The van der Waals surface area contributed by atoms with E-state index in [-0.39, 0.29) is 17.8 Å². The van der Waals surface area contributed by atoms with E-state index in [0.717, 1.165) is 18.4 Å². The Labute approximate surface area is 115 Å². The first-order valence-electron chi connectivity index (χ1n) is 6.78. The number of piperidine rings is 1. The van der Waals surface area contributed by atoms with Crippen molar-refractivity contribution >= 4 is 10.0 Å². The van der Waals surface area contributed by atoms with Crippen molar-refractivity contribution in [3.05, 3.63) is 35.9 Å². The third-order valence-corrected chi connectivity index (χ3v) is 5.68. The fourth-order valence-corrected chi connectivity index (χ4v) is 4.36. The van der Waals surface area contributed by atoms with Crippen molar-refractivity contribution < 1.29 is 8.42 Å².